The first kappa shape index (κ1) is 15.5. The van der Waals surface area contributed by atoms with Crippen LogP contribution in [0, 0.1) is 5.82 Å². The molecule has 3 aromatic rings. The maximum Gasteiger partial charge on any atom is 0.190 e. The second-order valence-corrected chi connectivity index (χ2v) is 7.27. The van der Waals surface area contributed by atoms with Crippen LogP contribution in [0.1, 0.15) is 5.69 Å². The van der Waals surface area contributed by atoms with Crippen molar-refractivity contribution in [1.29, 1.82) is 0 Å². The Morgan fingerprint density at radius 2 is 2.18 bits per heavy atom. The number of aromatic nitrogens is 3. The van der Waals surface area contributed by atoms with E-state index in [1.165, 1.54) is 40.2 Å². The van der Waals surface area contributed by atoms with Gasteiger partial charge in [0, 0.05) is 34.5 Å². The zero-order chi connectivity index (χ0) is 15.5. The van der Waals surface area contributed by atoms with Crippen LogP contribution in [-0.4, -0.2) is 27.0 Å². The molecule has 0 bridgehead atoms. The summed E-state index contributed by atoms with van der Waals surface area (Å²) in [7, 11) is 0. The Bertz CT molecular complexity index is 806. The molecule has 8 heteroatoms. The number of nitrogens with zero attached hydrogens (tertiary/aromatic N) is 3. The average Bonchev–Trinajstić information content (AvgIpc) is 2.88. The lowest BCUT2D eigenvalue weighted by molar-refractivity contribution is 0.644. The third-order valence-corrected chi connectivity index (χ3v) is 5.35. The molecule has 0 amide bonds. The molecule has 0 aliphatic rings. The predicted molar refractivity (Wildman–Crippen MR) is 92.2 cm³/mol. The second-order valence-electron chi connectivity index (χ2n) is 4.47. The maximum atomic E-state index is 13.6. The highest BCUT2D eigenvalue weighted by molar-refractivity contribution is 7.99. The number of nitrogen functional groups attached to an aromatic ring is 1. The van der Waals surface area contributed by atoms with Crippen molar-refractivity contribution in [3.63, 3.8) is 0 Å². The van der Waals surface area contributed by atoms with Crippen molar-refractivity contribution in [2.45, 2.75) is 16.6 Å². The zero-order valence-corrected chi connectivity index (χ0v) is 14.2. The molecule has 0 unspecified atom stereocenters. The maximum absolute atomic E-state index is 13.6. The van der Waals surface area contributed by atoms with Gasteiger partial charge in [0.2, 0.25) is 0 Å². The summed E-state index contributed by atoms with van der Waals surface area (Å²) in [5.74, 6) is 1.06. The molecule has 22 heavy (non-hydrogen) atoms. The molecule has 114 valence electrons. The number of hydrogen-bond donors (Lipinski definition) is 1. The molecule has 3 heterocycles. The monoisotopic (exact) mass is 352 g/mol. The standard InChI is InChI=1S/C14H13FN4S3/c1-20-13-5-12(16)18-14(19-13)21-3-2-8-4-9-10(15)7-22-11(9)6-17-8/h4-7H,2-3H2,1H3,(H2,16,18,19). The van der Waals surface area contributed by atoms with Crippen LogP contribution in [0.2, 0.25) is 0 Å². The predicted octanol–water partition coefficient (Wildman–Crippen LogP) is 3.86. The summed E-state index contributed by atoms with van der Waals surface area (Å²) in [6.45, 7) is 0. The first-order valence-corrected chi connectivity index (χ1v) is 9.57. The van der Waals surface area contributed by atoms with E-state index in [2.05, 4.69) is 15.0 Å². The highest BCUT2D eigenvalue weighted by Crippen LogP contribution is 2.25. The lowest BCUT2D eigenvalue weighted by Gasteiger charge is -2.04. The van der Waals surface area contributed by atoms with Gasteiger partial charge in [-0.05, 0) is 18.7 Å². The molecule has 0 radical (unpaired) electrons. The number of hydrogen-bond acceptors (Lipinski definition) is 7. The number of thioether (sulfide) groups is 2. The van der Waals surface area contributed by atoms with Crippen LogP contribution in [0.25, 0.3) is 10.1 Å². The molecule has 0 saturated carbocycles. The van der Waals surface area contributed by atoms with Gasteiger partial charge < -0.3 is 5.73 Å². The van der Waals surface area contributed by atoms with Gasteiger partial charge in [-0.2, -0.15) is 0 Å². The third-order valence-electron chi connectivity index (χ3n) is 2.97. The first-order chi connectivity index (χ1) is 10.7. The molecular formula is C14H13FN4S3. The van der Waals surface area contributed by atoms with Gasteiger partial charge in [0.05, 0.1) is 4.70 Å². The van der Waals surface area contributed by atoms with Crippen molar-refractivity contribution in [2.75, 3.05) is 17.7 Å². The smallest absolute Gasteiger partial charge is 0.190 e. The van der Waals surface area contributed by atoms with Crippen molar-refractivity contribution >= 4 is 50.8 Å². The number of aryl methyl sites for hydroxylation is 1. The lowest BCUT2D eigenvalue weighted by Crippen LogP contribution is -1.98. The molecule has 2 N–H and O–H groups in total. The molecule has 0 aliphatic carbocycles. The van der Waals surface area contributed by atoms with Crippen molar-refractivity contribution < 1.29 is 4.39 Å². The molecule has 3 rings (SSSR count). The summed E-state index contributed by atoms with van der Waals surface area (Å²) in [5, 5.41) is 3.67. The van der Waals surface area contributed by atoms with Crippen LogP contribution in [0.15, 0.2) is 33.9 Å². The minimum Gasteiger partial charge on any atom is -0.384 e. The van der Waals surface area contributed by atoms with Crippen molar-refractivity contribution in [1.82, 2.24) is 15.0 Å². The molecule has 0 aromatic carbocycles. The van der Waals surface area contributed by atoms with E-state index in [0.29, 0.717) is 16.4 Å². The Morgan fingerprint density at radius 3 is 3.00 bits per heavy atom. The summed E-state index contributed by atoms with van der Waals surface area (Å²) in [4.78, 5) is 13.0. The van der Waals surface area contributed by atoms with Gasteiger partial charge in [-0.1, -0.05) is 11.8 Å². The Balaban J connectivity index is 1.66. The Hall–Kier alpha value is -1.38. The fourth-order valence-electron chi connectivity index (χ4n) is 1.92. The van der Waals surface area contributed by atoms with Crippen LogP contribution in [0.3, 0.4) is 0 Å². The SMILES string of the molecule is CSc1cc(N)nc(SCCc2cc3c(F)csc3cn2)n1. The van der Waals surface area contributed by atoms with Gasteiger partial charge in [0.15, 0.2) is 5.16 Å². The Labute approximate surface area is 139 Å². The summed E-state index contributed by atoms with van der Waals surface area (Å²) in [6.07, 6.45) is 4.40. The van der Waals surface area contributed by atoms with Gasteiger partial charge in [-0.3, -0.25) is 4.98 Å². The number of nitrogens with two attached hydrogens (primary N) is 1. The lowest BCUT2D eigenvalue weighted by atomic mass is 10.2. The van der Waals surface area contributed by atoms with Crippen LogP contribution in [-0.2, 0) is 6.42 Å². The summed E-state index contributed by atoms with van der Waals surface area (Å²) in [5.41, 5.74) is 6.62. The van der Waals surface area contributed by atoms with E-state index in [9.17, 15) is 4.39 Å². The number of rotatable bonds is 5. The molecule has 0 atom stereocenters. The van der Waals surface area contributed by atoms with Gasteiger partial charge in [-0.15, -0.1) is 23.1 Å². The van der Waals surface area contributed by atoms with Crippen LogP contribution < -0.4 is 5.73 Å². The molecule has 4 nitrogen and oxygen atoms in total. The Morgan fingerprint density at radius 1 is 1.32 bits per heavy atom. The minimum atomic E-state index is -0.180. The van der Waals surface area contributed by atoms with Gasteiger partial charge >= 0.3 is 0 Å². The van der Waals surface area contributed by atoms with Gasteiger partial charge in [0.1, 0.15) is 16.7 Å². The normalized spacial score (nSPS) is 11.2. The number of fused-ring (bicyclic) bond motifs is 1. The minimum absolute atomic E-state index is 0.180. The number of halogens is 1. The van der Waals surface area contributed by atoms with E-state index in [1.54, 1.807) is 12.3 Å². The van der Waals surface area contributed by atoms with E-state index in [-0.39, 0.29) is 5.82 Å². The fourth-order valence-corrected chi connectivity index (χ4v) is 3.97. The van der Waals surface area contributed by atoms with Crippen molar-refractivity contribution in [2.24, 2.45) is 0 Å². The molecular weight excluding hydrogens is 339 g/mol. The molecule has 0 fully saturated rings. The first-order valence-electron chi connectivity index (χ1n) is 6.48. The van der Waals surface area contributed by atoms with E-state index in [1.807, 2.05) is 12.3 Å². The van der Waals surface area contributed by atoms with E-state index in [0.717, 1.165) is 27.6 Å². The zero-order valence-electron chi connectivity index (χ0n) is 11.7. The molecule has 3 aromatic heterocycles. The van der Waals surface area contributed by atoms with E-state index < -0.39 is 0 Å². The third kappa shape index (κ3) is 3.50. The van der Waals surface area contributed by atoms with Gasteiger partial charge in [-0.25, -0.2) is 14.4 Å². The van der Waals surface area contributed by atoms with E-state index in [4.69, 9.17) is 5.73 Å². The number of thiophene rings is 1. The van der Waals surface area contributed by atoms with Crippen LogP contribution in [0.4, 0.5) is 10.2 Å². The highest BCUT2D eigenvalue weighted by Gasteiger charge is 2.07. The topological polar surface area (TPSA) is 64.7 Å². The fraction of sp³-hybridized carbons (Fsp3) is 0.214. The highest BCUT2D eigenvalue weighted by atomic mass is 32.2. The number of pyridine rings is 1. The second kappa shape index (κ2) is 6.80. The van der Waals surface area contributed by atoms with Crippen LogP contribution in [0.5, 0.6) is 0 Å². The van der Waals surface area contributed by atoms with E-state index >= 15 is 0 Å². The van der Waals surface area contributed by atoms with Crippen LogP contribution >= 0.6 is 34.9 Å². The molecule has 0 saturated heterocycles. The number of anilines is 1. The van der Waals surface area contributed by atoms with Crippen molar-refractivity contribution in [3.05, 3.63) is 35.2 Å². The van der Waals surface area contributed by atoms with Crippen molar-refractivity contribution in [3.8, 4) is 0 Å². The van der Waals surface area contributed by atoms with Gasteiger partial charge in [0.25, 0.3) is 0 Å². The summed E-state index contributed by atoms with van der Waals surface area (Å²) < 4.78 is 14.5. The molecule has 0 spiro atoms. The summed E-state index contributed by atoms with van der Waals surface area (Å²) in [6, 6.07) is 3.57. The quantitative estimate of drug-likeness (QED) is 0.427. The summed E-state index contributed by atoms with van der Waals surface area (Å²) >= 11 is 4.43. The molecule has 0 aliphatic heterocycles. The average molecular weight is 352 g/mol. The Kier molecular flexibility index (Phi) is 4.80. The largest absolute Gasteiger partial charge is 0.384 e.